The number of carbonyl (C=O) groups is 1. The molecule has 0 spiro atoms. The summed E-state index contributed by atoms with van der Waals surface area (Å²) in [7, 11) is 1.02. The van der Waals surface area contributed by atoms with E-state index in [2.05, 4.69) is 0 Å². The third kappa shape index (κ3) is 4.01. The van der Waals surface area contributed by atoms with Crippen LogP contribution in [0, 0.1) is 5.92 Å². The maximum atomic E-state index is 12.4. The minimum Gasteiger partial charge on any atom is -0.342 e. The highest BCUT2D eigenvalue weighted by atomic mass is 19.4. The molecule has 0 heterocycles. The van der Waals surface area contributed by atoms with E-state index in [0.29, 0.717) is 30.6 Å². The van der Waals surface area contributed by atoms with Crippen molar-refractivity contribution in [1.82, 2.24) is 4.90 Å². The molecule has 0 aromatic rings. The SMILES string of the molecule is CN(C(=O)C(C(F)(F)F)C(F)(F)F)C1CCCCC1. The van der Waals surface area contributed by atoms with Crippen molar-refractivity contribution in [3.8, 4) is 0 Å². The highest BCUT2D eigenvalue weighted by molar-refractivity contribution is 5.80. The lowest BCUT2D eigenvalue weighted by Crippen LogP contribution is -2.51. The maximum absolute atomic E-state index is 12.4. The predicted molar refractivity (Wildman–Crippen MR) is 55.2 cm³/mol. The highest BCUT2D eigenvalue weighted by Crippen LogP contribution is 2.41. The van der Waals surface area contributed by atoms with Gasteiger partial charge in [0.25, 0.3) is 0 Å². The van der Waals surface area contributed by atoms with Gasteiger partial charge in [-0.05, 0) is 12.8 Å². The maximum Gasteiger partial charge on any atom is 0.409 e. The molecule has 1 amide bonds. The highest BCUT2D eigenvalue weighted by Gasteiger charge is 2.62. The van der Waals surface area contributed by atoms with Gasteiger partial charge in [-0.25, -0.2) is 0 Å². The second-order valence-corrected chi connectivity index (χ2v) is 4.76. The lowest BCUT2D eigenvalue weighted by atomic mass is 9.93. The molecule has 0 unspecified atom stereocenters. The lowest BCUT2D eigenvalue weighted by molar-refractivity contribution is -0.277. The van der Waals surface area contributed by atoms with E-state index < -0.39 is 30.2 Å². The molecule has 0 aromatic carbocycles. The minimum atomic E-state index is -5.61. The fourth-order valence-electron chi connectivity index (χ4n) is 2.32. The van der Waals surface area contributed by atoms with Gasteiger partial charge >= 0.3 is 12.4 Å². The number of rotatable bonds is 2. The zero-order chi connectivity index (χ0) is 14.8. The van der Waals surface area contributed by atoms with E-state index in [1.807, 2.05) is 0 Å². The molecule has 2 nitrogen and oxygen atoms in total. The molecule has 1 aliphatic rings. The van der Waals surface area contributed by atoms with Crippen LogP contribution in [0.4, 0.5) is 26.3 Å². The molecule has 112 valence electrons. The summed E-state index contributed by atoms with van der Waals surface area (Å²) < 4.78 is 74.6. The van der Waals surface area contributed by atoms with Crippen LogP contribution in [0.25, 0.3) is 0 Å². The summed E-state index contributed by atoms with van der Waals surface area (Å²) in [5.41, 5.74) is 0. The number of halogens is 6. The first-order valence-corrected chi connectivity index (χ1v) is 5.95. The number of carbonyl (C=O) groups excluding carboxylic acids is 1. The molecule has 1 aliphatic carbocycles. The zero-order valence-electron chi connectivity index (χ0n) is 10.3. The molecule has 0 saturated heterocycles. The summed E-state index contributed by atoms with van der Waals surface area (Å²) in [5.74, 6) is -5.83. The molecular formula is C11H15F6NO. The number of alkyl halides is 6. The molecule has 19 heavy (non-hydrogen) atoms. The fraction of sp³-hybridized carbons (Fsp3) is 0.909. The van der Waals surface area contributed by atoms with E-state index in [1.165, 1.54) is 0 Å². The van der Waals surface area contributed by atoms with Gasteiger partial charge in [-0.15, -0.1) is 0 Å². The fourth-order valence-corrected chi connectivity index (χ4v) is 2.32. The lowest BCUT2D eigenvalue weighted by Gasteiger charge is -2.34. The third-order valence-electron chi connectivity index (χ3n) is 3.37. The largest absolute Gasteiger partial charge is 0.409 e. The Bertz CT molecular complexity index is 304. The molecule has 0 aromatic heterocycles. The van der Waals surface area contributed by atoms with E-state index in [4.69, 9.17) is 0 Å². The van der Waals surface area contributed by atoms with Crippen molar-refractivity contribution in [2.75, 3.05) is 7.05 Å². The molecular weight excluding hydrogens is 276 g/mol. The van der Waals surface area contributed by atoms with Gasteiger partial charge in [0.2, 0.25) is 11.8 Å². The van der Waals surface area contributed by atoms with Crippen LogP contribution in [0.2, 0.25) is 0 Å². The zero-order valence-corrected chi connectivity index (χ0v) is 10.3. The van der Waals surface area contributed by atoms with E-state index in [0.717, 1.165) is 13.5 Å². The van der Waals surface area contributed by atoms with Gasteiger partial charge in [0, 0.05) is 13.1 Å². The first kappa shape index (κ1) is 16.1. The van der Waals surface area contributed by atoms with Gasteiger partial charge < -0.3 is 4.90 Å². The van der Waals surface area contributed by atoms with Crippen LogP contribution in [0.3, 0.4) is 0 Å². The summed E-state index contributed by atoms with van der Waals surface area (Å²) in [6.07, 6.45) is -8.01. The first-order valence-electron chi connectivity index (χ1n) is 5.95. The monoisotopic (exact) mass is 291 g/mol. The molecule has 0 aliphatic heterocycles. The Hall–Kier alpha value is -0.950. The smallest absolute Gasteiger partial charge is 0.342 e. The Morgan fingerprint density at radius 2 is 1.42 bits per heavy atom. The van der Waals surface area contributed by atoms with Crippen LogP contribution < -0.4 is 0 Å². The summed E-state index contributed by atoms with van der Waals surface area (Å²) in [5, 5.41) is 0. The van der Waals surface area contributed by atoms with Gasteiger partial charge in [-0.2, -0.15) is 26.3 Å². The van der Waals surface area contributed by atoms with E-state index in [1.54, 1.807) is 0 Å². The summed E-state index contributed by atoms with van der Waals surface area (Å²) in [4.78, 5) is 12.1. The quantitative estimate of drug-likeness (QED) is 0.713. The standard InChI is InChI=1S/C11H15F6NO/c1-18(7-5-3-2-4-6-7)9(19)8(10(12,13)14)11(15,16)17/h7-8H,2-6H2,1H3. The van der Waals surface area contributed by atoms with Crippen LogP contribution in [0.15, 0.2) is 0 Å². The van der Waals surface area contributed by atoms with Crippen LogP contribution in [-0.4, -0.2) is 36.2 Å². The summed E-state index contributed by atoms with van der Waals surface area (Å²) in [6.45, 7) is 0. The summed E-state index contributed by atoms with van der Waals surface area (Å²) >= 11 is 0. The van der Waals surface area contributed by atoms with Crippen LogP contribution in [0.5, 0.6) is 0 Å². The van der Waals surface area contributed by atoms with Crippen molar-refractivity contribution in [3.05, 3.63) is 0 Å². The van der Waals surface area contributed by atoms with Crippen molar-refractivity contribution in [2.24, 2.45) is 5.92 Å². The van der Waals surface area contributed by atoms with Crippen LogP contribution in [-0.2, 0) is 4.79 Å². The molecule has 0 bridgehead atoms. The van der Waals surface area contributed by atoms with Crippen molar-refractivity contribution >= 4 is 5.91 Å². The van der Waals surface area contributed by atoms with Crippen molar-refractivity contribution in [3.63, 3.8) is 0 Å². The Labute approximate surface area is 106 Å². The Morgan fingerprint density at radius 3 is 1.79 bits per heavy atom. The van der Waals surface area contributed by atoms with Crippen molar-refractivity contribution in [2.45, 2.75) is 50.5 Å². The molecule has 0 radical (unpaired) electrons. The van der Waals surface area contributed by atoms with Crippen molar-refractivity contribution < 1.29 is 31.1 Å². The first-order chi connectivity index (χ1) is 8.55. The topological polar surface area (TPSA) is 20.3 Å². The normalized spacial score (nSPS) is 18.7. The summed E-state index contributed by atoms with van der Waals surface area (Å²) in [6, 6.07) is -0.534. The van der Waals surface area contributed by atoms with Crippen LogP contribution in [0.1, 0.15) is 32.1 Å². The van der Waals surface area contributed by atoms with Crippen LogP contribution >= 0.6 is 0 Å². The van der Waals surface area contributed by atoms with Gasteiger partial charge in [0.05, 0.1) is 0 Å². The Kier molecular flexibility index (Phi) is 4.73. The van der Waals surface area contributed by atoms with E-state index in [-0.39, 0.29) is 0 Å². The molecule has 1 rings (SSSR count). The molecule has 1 saturated carbocycles. The minimum absolute atomic E-state index is 0.449. The molecule has 0 N–H and O–H groups in total. The van der Waals surface area contributed by atoms with E-state index >= 15 is 0 Å². The average molecular weight is 291 g/mol. The van der Waals surface area contributed by atoms with Gasteiger partial charge in [-0.3, -0.25) is 4.79 Å². The number of hydrogen-bond acceptors (Lipinski definition) is 1. The average Bonchev–Trinajstić information content (AvgIpc) is 2.25. The Morgan fingerprint density at radius 1 is 1.00 bits per heavy atom. The Balaban J connectivity index is 2.87. The van der Waals surface area contributed by atoms with Gasteiger partial charge in [-0.1, -0.05) is 19.3 Å². The molecule has 1 fully saturated rings. The van der Waals surface area contributed by atoms with Crippen molar-refractivity contribution in [1.29, 1.82) is 0 Å². The third-order valence-corrected chi connectivity index (χ3v) is 3.37. The van der Waals surface area contributed by atoms with Gasteiger partial charge in [0.15, 0.2) is 0 Å². The second kappa shape index (κ2) is 5.58. The second-order valence-electron chi connectivity index (χ2n) is 4.76. The molecule has 8 heteroatoms. The van der Waals surface area contributed by atoms with Gasteiger partial charge in [0.1, 0.15) is 0 Å². The number of amides is 1. The number of nitrogens with zero attached hydrogens (tertiary/aromatic N) is 1. The predicted octanol–water partition coefficient (Wildman–Crippen LogP) is 3.52. The molecule has 0 atom stereocenters. The van der Waals surface area contributed by atoms with E-state index in [9.17, 15) is 31.1 Å². The number of hydrogen-bond donors (Lipinski definition) is 0.